The van der Waals surface area contributed by atoms with Gasteiger partial charge in [-0.15, -0.1) is 0 Å². The van der Waals surface area contributed by atoms with Crippen LogP contribution in [0.25, 0.3) is 0 Å². The number of aryl methyl sites for hydroxylation is 2. The highest BCUT2D eigenvalue weighted by Crippen LogP contribution is 2.27. The van der Waals surface area contributed by atoms with Crippen molar-refractivity contribution in [2.24, 2.45) is 0 Å². The Morgan fingerprint density at radius 3 is 2.43 bits per heavy atom. The van der Waals surface area contributed by atoms with Crippen LogP contribution in [0.15, 0.2) is 40.9 Å². The second-order valence-corrected chi connectivity index (χ2v) is 5.92. The molecule has 7 heteroatoms. The van der Waals surface area contributed by atoms with Gasteiger partial charge in [0, 0.05) is 10.5 Å². The third-order valence-corrected chi connectivity index (χ3v) is 3.80. The number of nitro groups is 1. The zero-order chi connectivity index (χ0) is 17.0. The summed E-state index contributed by atoms with van der Waals surface area (Å²) < 4.78 is 6.25. The number of anilines is 1. The van der Waals surface area contributed by atoms with E-state index in [1.807, 2.05) is 6.92 Å². The van der Waals surface area contributed by atoms with Crippen molar-refractivity contribution in [3.63, 3.8) is 0 Å². The fraction of sp³-hybridized carbons (Fsp3) is 0.188. The topological polar surface area (TPSA) is 81.5 Å². The number of rotatable bonds is 5. The van der Waals surface area contributed by atoms with E-state index in [1.54, 1.807) is 37.3 Å². The Kier molecular flexibility index (Phi) is 5.33. The lowest BCUT2D eigenvalue weighted by Crippen LogP contribution is -2.21. The number of nitrogens with one attached hydrogen (secondary N) is 1. The first-order chi connectivity index (χ1) is 10.9. The van der Waals surface area contributed by atoms with Crippen LogP contribution in [0.5, 0.6) is 5.75 Å². The second-order valence-electron chi connectivity index (χ2n) is 5.00. The van der Waals surface area contributed by atoms with Gasteiger partial charge in [-0.1, -0.05) is 15.9 Å². The summed E-state index contributed by atoms with van der Waals surface area (Å²) in [4.78, 5) is 22.5. The Hall–Kier alpha value is -2.41. The highest BCUT2D eigenvalue weighted by Gasteiger charge is 2.17. The second kappa shape index (κ2) is 7.23. The Balaban J connectivity index is 2.06. The molecule has 1 amide bonds. The highest BCUT2D eigenvalue weighted by atomic mass is 79.9. The molecular weight excluding hydrogens is 364 g/mol. The van der Waals surface area contributed by atoms with Crippen LogP contribution in [0.2, 0.25) is 0 Å². The smallest absolute Gasteiger partial charge is 0.293 e. The maximum absolute atomic E-state index is 12.0. The van der Waals surface area contributed by atoms with E-state index >= 15 is 0 Å². The lowest BCUT2D eigenvalue weighted by Gasteiger charge is -2.10. The molecule has 0 fully saturated rings. The predicted octanol–water partition coefficient (Wildman–Crippen LogP) is 3.99. The first-order valence-electron chi connectivity index (χ1n) is 6.80. The van der Waals surface area contributed by atoms with Crippen molar-refractivity contribution in [1.29, 1.82) is 0 Å². The summed E-state index contributed by atoms with van der Waals surface area (Å²) in [6, 6.07) is 10.1. The zero-order valence-corrected chi connectivity index (χ0v) is 14.2. The van der Waals surface area contributed by atoms with Gasteiger partial charge in [-0.2, -0.15) is 0 Å². The molecule has 0 aliphatic rings. The van der Waals surface area contributed by atoms with Gasteiger partial charge in [0.25, 0.3) is 11.6 Å². The number of ether oxygens (including phenoxy) is 1. The summed E-state index contributed by atoms with van der Waals surface area (Å²) in [7, 11) is 0. The van der Waals surface area contributed by atoms with E-state index in [2.05, 4.69) is 21.2 Å². The largest absolute Gasteiger partial charge is 0.484 e. The Labute approximate surface area is 141 Å². The molecule has 0 bridgehead atoms. The monoisotopic (exact) mass is 378 g/mol. The standard InChI is InChI=1S/C16H15BrN2O4/c1-10-7-14(15(19(21)22)8-11(10)2)18-16(20)9-23-13-5-3-12(17)4-6-13/h3-8H,9H2,1-2H3,(H,18,20). The number of amides is 1. The normalized spacial score (nSPS) is 10.2. The van der Waals surface area contributed by atoms with Crippen LogP contribution in [0.3, 0.4) is 0 Å². The number of benzene rings is 2. The van der Waals surface area contributed by atoms with Crippen molar-refractivity contribution < 1.29 is 14.5 Å². The molecule has 2 aromatic carbocycles. The number of nitro benzene ring substituents is 1. The summed E-state index contributed by atoms with van der Waals surface area (Å²) in [5.74, 6) is 0.0807. The highest BCUT2D eigenvalue weighted by molar-refractivity contribution is 9.10. The fourth-order valence-electron chi connectivity index (χ4n) is 1.92. The predicted molar refractivity (Wildman–Crippen MR) is 90.8 cm³/mol. The van der Waals surface area contributed by atoms with Gasteiger partial charge in [-0.05, 0) is 55.3 Å². The third-order valence-electron chi connectivity index (χ3n) is 3.27. The lowest BCUT2D eigenvalue weighted by molar-refractivity contribution is -0.384. The first-order valence-corrected chi connectivity index (χ1v) is 7.60. The Bertz CT molecular complexity index is 744. The van der Waals surface area contributed by atoms with Gasteiger partial charge >= 0.3 is 0 Å². The van der Waals surface area contributed by atoms with E-state index in [0.29, 0.717) is 5.75 Å². The minimum absolute atomic E-state index is 0.134. The molecule has 0 radical (unpaired) electrons. The van der Waals surface area contributed by atoms with Crippen LogP contribution in [-0.4, -0.2) is 17.4 Å². The van der Waals surface area contributed by atoms with E-state index < -0.39 is 10.8 Å². The molecule has 2 rings (SSSR count). The molecule has 0 aliphatic carbocycles. The van der Waals surface area contributed by atoms with Crippen molar-refractivity contribution in [3.05, 3.63) is 62.1 Å². The molecule has 0 saturated heterocycles. The van der Waals surface area contributed by atoms with Crippen molar-refractivity contribution in [2.75, 3.05) is 11.9 Å². The number of nitrogens with zero attached hydrogens (tertiary/aromatic N) is 1. The Morgan fingerprint density at radius 1 is 1.22 bits per heavy atom. The molecule has 0 unspecified atom stereocenters. The van der Waals surface area contributed by atoms with Crippen LogP contribution in [0.4, 0.5) is 11.4 Å². The average Bonchev–Trinajstić information content (AvgIpc) is 2.50. The molecule has 0 heterocycles. The van der Waals surface area contributed by atoms with Gasteiger partial charge in [0.15, 0.2) is 6.61 Å². The number of carbonyl (C=O) groups is 1. The maximum Gasteiger partial charge on any atom is 0.293 e. The van der Waals surface area contributed by atoms with Crippen molar-refractivity contribution in [3.8, 4) is 5.75 Å². The SMILES string of the molecule is Cc1cc(NC(=O)COc2ccc(Br)cc2)c([N+](=O)[O-])cc1C. The van der Waals surface area contributed by atoms with Gasteiger partial charge in [-0.3, -0.25) is 14.9 Å². The first kappa shape index (κ1) is 17.0. The molecule has 0 aliphatic heterocycles. The maximum atomic E-state index is 12.0. The Morgan fingerprint density at radius 2 is 1.83 bits per heavy atom. The summed E-state index contributed by atoms with van der Waals surface area (Å²) >= 11 is 3.31. The molecule has 0 spiro atoms. The summed E-state index contributed by atoms with van der Waals surface area (Å²) in [5.41, 5.74) is 1.69. The lowest BCUT2D eigenvalue weighted by atomic mass is 10.1. The minimum Gasteiger partial charge on any atom is -0.484 e. The van der Waals surface area contributed by atoms with E-state index in [9.17, 15) is 14.9 Å². The van der Waals surface area contributed by atoms with Crippen molar-refractivity contribution >= 4 is 33.2 Å². The van der Waals surface area contributed by atoms with E-state index in [4.69, 9.17) is 4.74 Å². The van der Waals surface area contributed by atoms with Crippen LogP contribution in [0, 0.1) is 24.0 Å². The number of halogens is 1. The molecular formula is C16H15BrN2O4. The van der Waals surface area contributed by atoms with Crippen LogP contribution >= 0.6 is 15.9 Å². The number of carbonyl (C=O) groups excluding carboxylic acids is 1. The zero-order valence-electron chi connectivity index (χ0n) is 12.6. The number of hydrogen-bond acceptors (Lipinski definition) is 4. The minimum atomic E-state index is -0.516. The van der Waals surface area contributed by atoms with Gasteiger partial charge in [-0.25, -0.2) is 0 Å². The number of hydrogen-bond donors (Lipinski definition) is 1. The van der Waals surface area contributed by atoms with Gasteiger partial charge in [0.2, 0.25) is 0 Å². The summed E-state index contributed by atoms with van der Waals surface area (Å²) in [5, 5.41) is 13.6. The van der Waals surface area contributed by atoms with Crippen LogP contribution in [0.1, 0.15) is 11.1 Å². The molecule has 23 heavy (non-hydrogen) atoms. The average molecular weight is 379 g/mol. The van der Waals surface area contributed by atoms with Gasteiger partial charge in [0.1, 0.15) is 11.4 Å². The molecule has 120 valence electrons. The van der Waals surface area contributed by atoms with E-state index in [0.717, 1.165) is 15.6 Å². The third kappa shape index (κ3) is 4.53. The van der Waals surface area contributed by atoms with Crippen molar-refractivity contribution in [1.82, 2.24) is 0 Å². The molecule has 0 atom stereocenters. The van der Waals surface area contributed by atoms with E-state index in [-0.39, 0.29) is 18.0 Å². The molecule has 0 aromatic heterocycles. The van der Waals surface area contributed by atoms with Crippen LogP contribution < -0.4 is 10.1 Å². The molecule has 1 N–H and O–H groups in total. The molecule has 6 nitrogen and oxygen atoms in total. The van der Waals surface area contributed by atoms with Gasteiger partial charge in [0.05, 0.1) is 4.92 Å². The molecule has 2 aromatic rings. The van der Waals surface area contributed by atoms with Crippen molar-refractivity contribution in [2.45, 2.75) is 13.8 Å². The summed E-state index contributed by atoms with van der Waals surface area (Å²) in [6.45, 7) is 3.38. The molecule has 0 saturated carbocycles. The fourth-order valence-corrected chi connectivity index (χ4v) is 2.18. The van der Waals surface area contributed by atoms with Crippen LogP contribution in [-0.2, 0) is 4.79 Å². The quantitative estimate of drug-likeness (QED) is 0.629. The summed E-state index contributed by atoms with van der Waals surface area (Å²) in [6.07, 6.45) is 0. The van der Waals surface area contributed by atoms with Gasteiger partial charge < -0.3 is 10.1 Å². The van der Waals surface area contributed by atoms with E-state index in [1.165, 1.54) is 6.07 Å².